The van der Waals surface area contributed by atoms with Crippen LogP contribution in [0.4, 0.5) is 5.69 Å². The fourth-order valence-corrected chi connectivity index (χ4v) is 6.00. The molecule has 0 aromatic heterocycles. The first-order chi connectivity index (χ1) is 19.1. The Balaban J connectivity index is 2.05. The Morgan fingerprint density at radius 3 is 2.15 bits per heavy atom. The fraction of sp³-hybridized carbons (Fsp3) is 0.375. The zero-order valence-electron chi connectivity index (χ0n) is 24.1. The third kappa shape index (κ3) is 7.72. The summed E-state index contributed by atoms with van der Waals surface area (Å²) in [5.74, 6) is -0.428. The summed E-state index contributed by atoms with van der Waals surface area (Å²) in [6.45, 7) is 10.2. The maximum absolute atomic E-state index is 14.1. The lowest BCUT2D eigenvalue weighted by molar-refractivity contribution is -0.140. The largest absolute Gasteiger partial charge is 0.354 e. The van der Waals surface area contributed by atoms with Gasteiger partial charge in [0.2, 0.25) is 11.8 Å². The smallest absolute Gasteiger partial charge is 0.264 e. The second-order valence-corrected chi connectivity index (χ2v) is 12.2. The summed E-state index contributed by atoms with van der Waals surface area (Å²) >= 11 is 0. The number of hydrogen-bond donors (Lipinski definition) is 1. The molecule has 1 atom stereocenters. The zero-order valence-corrected chi connectivity index (χ0v) is 24.9. The molecule has 3 aromatic carbocycles. The van der Waals surface area contributed by atoms with E-state index in [1.807, 2.05) is 57.2 Å². The molecule has 0 unspecified atom stereocenters. The van der Waals surface area contributed by atoms with E-state index in [9.17, 15) is 18.0 Å². The maximum Gasteiger partial charge on any atom is 0.264 e. The van der Waals surface area contributed by atoms with Gasteiger partial charge >= 0.3 is 0 Å². The van der Waals surface area contributed by atoms with Gasteiger partial charge in [-0.1, -0.05) is 87.9 Å². The molecule has 0 saturated carbocycles. The van der Waals surface area contributed by atoms with Gasteiger partial charge in [-0.25, -0.2) is 8.42 Å². The normalized spacial score (nSPS) is 12.2. The molecule has 3 rings (SSSR count). The van der Waals surface area contributed by atoms with Gasteiger partial charge in [0.05, 0.1) is 10.6 Å². The Bertz CT molecular complexity index is 1370. The molecule has 0 aliphatic rings. The van der Waals surface area contributed by atoms with Gasteiger partial charge < -0.3 is 10.2 Å². The highest BCUT2D eigenvalue weighted by molar-refractivity contribution is 7.92. The van der Waals surface area contributed by atoms with Gasteiger partial charge in [0.25, 0.3) is 10.0 Å². The van der Waals surface area contributed by atoms with E-state index >= 15 is 0 Å². The molecule has 0 spiro atoms. The number of amides is 2. The average molecular weight is 564 g/mol. The lowest BCUT2D eigenvalue weighted by atomic mass is 10.0. The molecular formula is C32H41N3O4S. The van der Waals surface area contributed by atoms with Gasteiger partial charge in [0.1, 0.15) is 12.6 Å². The second kappa shape index (κ2) is 14.1. The van der Waals surface area contributed by atoms with Crippen LogP contribution in [0.3, 0.4) is 0 Å². The fourth-order valence-electron chi connectivity index (χ4n) is 4.57. The van der Waals surface area contributed by atoms with Crippen molar-refractivity contribution >= 4 is 27.5 Å². The second-order valence-electron chi connectivity index (χ2n) is 10.3. The molecule has 214 valence electrons. The minimum absolute atomic E-state index is 0.0914. The first-order valence-electron chi connectivity index (χ1n) is 13.9. The summed E-state index contributed by atoms with van der Waals surface area (Å²) in [6, 6.07) is 22.4. The van der Waals surface area contributed by atoms with E-state index in [0.29, 0.717) is 18.7 Å². The van der Waals surface area contributed by atoms with Crippen LogP contribution in [0.15, 0.2) is 83.8 Å². The van der Waals surface area contributed by atoms with Crippen molar-refractivity contribution < 1.29 is 18.0 Å². The number of aryl methyl sites for hydroxylation is 1. The quantitative estimate of drug-likeness (QED) is 0.291. The van der Waals surface area contributed by atoms with Crippen molar-refractivity contribution in [3.8, 4) is 0 Å². The molecule has 8 heteroatoms. The monoisotopic (exact) mass is 563 g/mol. The molecule has 0 radical (unpaired) electrons. The van der Waals surface area contributed by atoms with Crippen molar-refractivity contribution in [1.82, 2.24) is 10.2 Å². The van der Waals surface area contributed by atoms with Crippen LogP contribution in [-0.2, 0) is 26.2 Å². The van der Waals surface area contributed by atoms with Crippen LogP contribution in [0.1, 0.15) is 63.1 Å². The van der Waals surface area contributed by atoms with Gasteiger partial charge in [-0.05, 0) is 61.1 Å². The molecule has 7 nitrogen and oxygen atoms in total. The summed E-state index contributed by atoms with van der Waals surface area (Å²) in [4.78, 5) is 28.9. The third-order valence-corrected chi connectivity index (χ3v) is 8.62. The molecule has 1 N–H and O–H groups in total. The van der Waals surface area contributed by atoms with Crippen LogP contribution in [0.5, 0.6) is 0 Å². The molecular weight excluding hydrogens is 522 g/mol. The van der Waals surface area contributed by atoms with Crippen LogP contribution in [-0.4, -0.2) is 44.3 Å². The van der Waals surface area contributed by atoms with Crippen molar-refractivity contribution in [3.63, 3.8) is 0 Å². The van der Waals surface area contributed by atoms with Gasteiger partial charge in [-0.2, -0.15) is 0 Å². The Kier molecular flexibility index (Phi) is 10.9. The first-order valence-corrected chi connectivity index (χ1v) is 15.3. The molecule has 3 aromatic rings. The van der Waals surface area contributed by atoms with Crippen LogP contribution >= 0.6 is 0 Å². The number of benzene rings is 3. The Hall–Kier alpha value is -3.65. The zero-order chi connectivity index (χ0) is 29.3. The summed E-state index contributed by atoms with van der Waals surface area (Å²) in [7, 11) is -4.08. The topological polar surface area (TPSA) is 86.8 Å². The first kappa shape index (κ1) is 30.9. The number of nitrogens with zero attached hydrogens (tertiary/aromatic N) is 2. The van der Waals surface area contributed by atoms with Crippen molar-refractivity contribution in [1.29, 1.82) is 0 Å². The van der Waals surface area contributed by atoms with Crippen molar-refractivity contribution in [2.24, 2.45) is 0 Å². The van der Waals surface area contributed by atoms with Crippen molar-refractivity contribution in [2.45, 2.75) is 70.9 Å². The van der Waals surface area contributed by atoms with E-state index in [-0.39, 0.29) is 23.3 Å². The highest BCUT2D eigenvalue weighted by Gasteiger charge is 2.33. The van der Waals surface area contributed by atoms with Crippen molar-refractivity contribution in [3.05, 3.63) is 95.6 Å². The molecule has 0 aliphatic heterocycles. The standard InChI is InChI=1S/C32H41N3O4S/c1-6-20-33-32(37)30(7-2)34(22-26-13-11-12-25(5)21-26)31(36)23-35(28-18-16-27(17-19-28)24(3)4)40(38,39)29-14-9-8-10-15-29/h8-19,21,24,30H,6-7,20,22-23H2,1-5H3,(H,33,37)/t30-/m0/s1. The van der Waals surface area contributed by atoms with Crippen molar-refractivity contribution in [2.75, 3.05) is 17.4 Å². The molecule has 0 heterocycles. The summed E-state index contributed by atoms with van der Waals surface area (Å²) in [6.07, 6.45) is 1.16. The maximum atomic E-state index is 14.1. The predicted molar refractivity (Wildman–Crippen MR) is 161 cm³/mol. The van der Waals surface area contributed by atoms with E-state index in [4.69, 9.17) is 0 Å². The minimum Gasteiger partial charge on any atom is -0.354 e. The highest BCUT2D eigenvalue weighted by Crippen LogP contribution is 2.27. The van der Waals surface area contributed by atoms with E-state index in [2.05, 4.69) is 19.2 Å². The van der Waals surface area contributed by atoms with Crippen LogP contribution in [0.25, 0.3) is 0 Å². The number of anilines is 1. The number of nitrogens with one attached hydrogen (secondary N) is 1. The van der Waals surface area contributed by atoms with Gasteiger partial charge in [0, 0.05) is 13.1 Å². The predicted octanol–water partition coefficient (Wildman–Crippen LogP) is 5.65. The number of carbonyl (C=O) groups excluding carboxylic acids is 2. The highest BCUT2D eigenvalue weighted by atomic mass is 32.2. The number of hydrogen-bond acceptors (Lipinski definition) is 4. The van der Waals surface area contributed by atoms with Crippen LogP contribution in [0.2, 0.25) is 0 Å². The summed E-state index contributed by atoms with van der Waals surface area (Å²) in [5, 5.41) is 2.91. The molecule has 0 bridgehead atoms. The van der Waals surface area contributed by atoms with E-state index in [0.717, 1.165) is 27.4 Å². The molecule has 0 fully saturated rings. The molecule has 2 amide bonds. The van der Waals surface area contributed by atoms with E-state index in [1.54, 1.807) is 30.3 Å². The summed E-state index contributed by atoms with van der Waals surface area (Å²) in [5.41, 5.74) is 3.35. The minimum atomic E-state index is -4.08. The molecule has 0 aliphatic carbocycles. The Morgan fingerprint density at radius 2 is 1.57 bits per heavy atom. The molecule has 40 heavy (non-hydrogen) atoms. The Labute approximate surface area is 239 Å². The van der Waals surface area contributed by atoms with Gasteiger partial charge in [-0.3, -0.25) is 13.9 Å². The average Bonchev–Trinajstić information content (AvgIpc) is 2.95. The number of rotatable bonds is 13. The molecule has 0 saturated heterocycles. The summed E-state index contributed by atoms with van der Waals surface area (Å²) < 4.78 is 29.0. The lowest BCUT2D eigenvalue weighted by Gasteiger charge is -2.33. The van der Waals surface area contributed by atoms with Crippen LogP contribution < -0.4 is 9.62 Å². The van der Waals surface area contributed by atoms with E-state index < -0.39 is 28.5 Å². The Morgan fingerprint density at radius 1 is 0.900 bits per heavy atom. The lowest BCUT2D eigenvalue weighted by Crippen LogP contribution is -2.52. The van der Waals surface area contributed by atoms with Gasteiger partial charge in [0.15, 0.2) is 0 Å². The van der Waals surface area contributed by atoms with E-state index in [1.165, 1.54) is 17.0 Å². The number of carbonyl (C=O) groups is 2. The van der Waals surface area contributed by atoms with Crippen LogP contribution in [0, 0.1) is 6.92 Å². The SMILES string of the molecule is CCCNC(=O)[C@H](CC)N(Cc1cccc(C)c1)C(=O)CN(c1ccc(C(C)C)cc1)S(=O)(=O)c1ccccc1. The third-order valence-electron chi connectivity index (χ3n) is 6.83. The number of sulfonamides is 1. The van der Waals surface area contributed by atoms with Gasteiger partial charge in [-0.15, -0.1) is 0 Å².